The Kier molecular flexibility index (Phi) is 4.88. The predicted octanol–water partition coefficient (Wildman–Crippen LogP) is 3.34. The second-order valence-corrected chi connectivity index (χ2v) is 7.53. The van der Waals surface area contributed by atoms with Crippen molar-refractivity contribution in [3.63, 3.8) is 0 Å². The summed E-state index contributed by atoms with van der Waals surface area (Å²) in [6.07, 6.45) is 12.2. The van der Waals surface area contributed by atoms with Gasteiger partial charge in [-0.2, -0.15) is 0 Å². The van der Waals surface area contributed by atoms with Crippen molar-refractivity contribution < 1.29 is 4.79 Å². The fourth-order valence-electron chi connectivity index (χ4n) is 5.14. The van der Waals surface area contributed by atoms with Crippen molar-refractivity contribution in [1.82, 2.24) is 10.2 Å². The molecule has 0 aromatic rings. The van der Waals surface area contributed by atoms with Gasteiger partial charge in [-0.25, -0.2) is 0 Å². The van der Waals surface area contributed by atoms with Crippen LogP contribution in [-0.4, -0.2) is 36.5 Å². The Balaban J connectivity index is 1.77. The zero-order chi connectivity index (χ0) is 14.7. The zero-order valence-electron chi connectivity index (χ0n) is 13.7. The topological polar surface area (TPSA) is 32.3 Å². The van der Waals surface area contributed by atoms with Crippen molar-refractivity contribution in [3.8, 4) is 0 Å². The van der Waals surface area contributed by atoms with E-state index in [4.69, 9.17) is 0 Å². The molecule has 2 heterocycles. The Labute approximate surface area is 129 Å². The summed E-state index contributed by atoms with van der Waals surface area (Å²) in [7, 11) is 0. The van der Waals surface area contributed by atoms with Gasteiger partial charge in [-0.05, 0) is 64.0 Å². The van der Waals surface area contributed by atoms with Crippen molar-refractivity contribution >= 4 is 5.91 Å². The first kappa shape index (κ1) is 15.3. The van der Waals surface area contributed by atoms with E-state index in [1.165, 1.54) is 38.5 Å². The SMILES string of the molecule is CCCC1(C(=O)N2CCC[C@H]3CCCC[C@H]32)CCNCC1. The standard InChI is InChI=1S/C18H32N2O/c1-2-9-18(10-12-19-13-11-18)17(21)20-14-5-7-15-6-3-4-8-16(15)20/h15-16,19H,2-14H2,1H3/t15-,16-/m1/s1. The van der Waals surface area contributed by atoms with Gasteiger partial charge < -0.3 is 10.2 Å². The fraction of sp³-hybridized carbons (Fsp3) is 0.944. The van der Waals surface area contributed by atoms with E-state index in [0.717, 1.165) is 51.2 Å². The van der Waals surface area contributed by atoms with E-state index in [2.05, 4.69) is 17.1 Å². The average molecular weight is 292 g/mol. The second kappa shape index (κ2) is 6.68. The molecule has 0 aromatic carbocycles. The molecule has 3 fully saturated rings. The molecule has 3 heteroatoms. The van der Waals surface area contributed by atoms with Crippen LogP contribution in [0.1, 0.15) is 71.1 Å². The minimum Gasteiger partial charge on any atom is -0.339 e. The van der Waals surface area contributed by atoms with Crippen LogP contribution >= 0.6 is 0 Å². The third-order valence-corrected chi connectivity index (χ3v) is 6.25. The van der Waals surface area contributed by atoms with Gasteiger partial charge in [-0.1, -0.05) is 26.2 Å². The molecule has 1 aliphatic carbocycles. The Hall–Kier alpha value is -0.570. The Bertz CT molecular complexity index is 355. The molecule has 3 nitrogen and oxygen atoms in total. The van der Waals surface area contributed by atoms with Gasteiger partial charge in [0, 0.05) is 12.6 Å². The lowest BCUT2D eigenvalue weighted by Crippen LogP contribution is -2.56. The lowest BCUT2D eigenvalue weighted by molar-refractivity contribution is -0.151. The lowest BCUT2D eigenvalue weighted by atomic mass is 9.71. The van der Waals surface area contributed by atoms with Crippen molar-refractivity contribution in [2.24, 2.45) is 11.3 Å². The van der Waals surface area contributed by atoms with Gasteiger partial charge >= 0.3 is 0 Å². The first-order valence-corrected chi connectivity index (χ1v) is 9.29. The molecule has 2 aliphatic heterocycles. The molecular formula is C18H32N2O. The molecular weight excluding hydrogens is 260 g/mol. The van der Waals surface area contributed by atoms with Gasteiger partial charge in [0.1, 0.15) is 0 Å². The van der Waals surface area contributed by atoms with Crippen LogP contribution in [0.15, 0.2) is 0 Å². The maximum absolute atomic E-state index is 13.4. The van der Waals surface area contributed by atoms with Gasteiger partial charge in [-0.3, -0.25) is 4.79 Å². The van der Waals surface area contributed by atoms with Gasteiger partial charge in [0.15, 0.2) is 0 Å². The number of hydrogen-bond donors (Lipinski definition) is 1. The van der Waals surface area contributed by atoms with E-state index >= 15 is 0 Å². The number of likely N-dealkylation sites (tertiary alicyclic amines) is 1. The number of nitrogens with zero attached hydrogens (tertiary/aromatic N) is 1. The van der Waals surface area contributed by atoms with Crippen LogP contribution in [0.5, 0.6) is 0 Å². The van der Waals surface area contributed by atoms with Crippen molar-refractivity contribution in [3.05, 3.63) is 0 Å². The second-order valence-electron chi connectivity index (χ2n) is 7.53. The van der Waals surface area contributed by atoms with Crippen LogP contribution < -0.4 is 5.32 Å². The van der Waals surface area contributed by atoms with Crippen molar-refractivity contribution in [1.29, 1.82) is 0 Å². The summed E-state index contributed by atoms with van der Waals surface area (Å²) in [4.78, 5) is 15.8. The van der Waals surface area contributed by atoms with E-state index < -0.39 is 0 Å². The summed E-state index contributed by atoms with van der Waals surface area (Å²) in [6, 6.07) is 0.573. The highest BCUT2D eigenvalue weighted by Gasteiger charge is 2.45. The lowest BCUT2D eigenvalue weighted by Gasteiger charge is -2.49. The molecule has 21 heavy (non-hydrogen) atoms. The van der Waals surface area contributed by atoms with E-state index in [0.29, 0.717) is 11.9 Å². The highest BCUT2D eigenvalue weighted by atomic mass is 16.2. The smallest absolute Gasteiger partial charge is 0.229 e. The normalized spacial score (nSPS) is 32.5. The molecule has 0 unspecified atom stereocenters. The molecule has 1 amide bonds. The Morgan fingerprint density at radius 2 is 1.86 bits per heavy atom. The minimum absolute atomic E-state index is 0.0423. The summed E-state index contributed by atoms with van der Waals surface area (Å²) < 4.78 is 0. The highest BCUT2D eigenvalue weighted by Crippen LogP contribution is 2.41. The quantitative estimate of drug-likeness (QED) is 0.865. The molecule has 2 atom stereocenters. The fourth-order valence-corrected chi connectivity index (χ4v) is 5.14. The zero-order valence-corrected chi connectivity index (χ0v) is 13.7. The molecule has 3 aliphatic rings. The summed E-state index contributed by atoms with van der Waals surface area (Å²) in [6.45, 7) is 5.30. The molecule has 120 valence electrons. The van der Waals surface area contributed by atoms with Crippen LogP contribution in [-0.2, 0) is 4.79 Å². The number of fused-ring (bicyclic) bond motifs is 1. The maximum atomic E-state index is 13.4. The van der Waals surface area contributed by atoms with E-state index in [1.54, 1.807) is 0 Å². The van der Waals surface area contributed by atoms with Crippen LogP contribution in [0.3, 0.4) is 0 Å². The summed E-state index contributed by atoms with van der Waals surface area (Å²) in [5.41, 5.74) is -0.0423. The van der Waals surface area contributed by atoms with Gasteiger partial charge in [0.2, 0.25) is 5.91 Å². The van der Waals surface area contributed by atoms with Crippen LogP contribution in [0.25, 0.3) is 0 Å². The van der Waals surface area contributed by atoms with Crippen LogP contribution in [0.4, 0.5) is 0 Å². The highest BCUT2D eigenvalue weighted by molar-refractivity contribution is 5.83. The molecule has 0 aromatic heterocycles. The number of piperidine rings is 2. The number of amides is 1. The summed E-state index contributed by atoms with van der Waals surface area (Å²) in [5, 5.41) is 3.44. The van der Waals surface area contributed by atoms with Gasteiger partial charge in [-0.15, -0.1) is 0 Å². The monoisotopic (exact) mass is 292 g/mol. The summed E-state index contributed by atoms with van der Waals surface area (Å²) >= 11 is 0. The maximum Gasteiger partial charge on any atom is 0.229 e. The average Bonchev–Trinajstić information content (AvgIpc) is 2.55. The van der Waals surface area contributed by atoms with E-state index in [9.17, 15) is 4.79 Å². The Morgan fingerprint density at radius 1 is 1.14 bits per heavy atom. The van der Waals surface area contributed by atoms with E-state index in [1.807, 2.05) is 0 Å². The van der Waals surface area contributed by atoms with Crippen LogP contribution in [0, 0.1) is 11.3 Å². The van der Waals surface area contributed by atoms with Crippen molar-refractivity contribution in [2.75, 3.05) is 19.6 Å². The van der Waals surface area contributed by atoms with Crippen molar-refractivity contribution in [2.45, 2.75) is 77.2 Å². The molecule has 1 saturated carbocycles. The largest absolute Gasteiger partial charge is 0.339 e. The molecule has 0 radical (unpaired) electrons. The van der Waals surface area contributed by atoms with Gasteiger partial charge in [0.25, 0.3) is 0 Å². The number of hydrogen-bond acceptors (Lipinski definition) is 2. The van der Waals surface area contributed by atoms with Gasteiger partial charge in [0.05, 0.1) is 5.41 Å². The molecule has 3 rings (SSSR count). The number of carbonyl (C=O) groups excluding carboxylic acids is 1. The van der Waals surface area contributed by atoms with Crippen LogP contribution in [0.2, 0.25) is 0 Å². The summed E-state index contributed by atoms with van der Waals surface area (Å²) in [5.74, 6) is 1.32. The number of rotatable bonds is 3. The molecule has 0 spiro atoms. The molecule has 1 N–H and O–H groups in total. The molecule has 2 saturated heterocycles. The number of carbonyl (C=O) groups is 1. The minimum atomic E-state index is -0.0423. The third kappa shape index (κ3) is 2.99. The Morgan fingerprint density at radius 3 is 2.62 bits per heavy atom. The predicted molar refractivity (Wildman–Crippen MR) is 86.1 cm³/mol. The first-order chi connectivity index (χ1) is 10.3. The third-order valence-electron chi connectivity index (χ3n) is 6.25. The van der Waals surface area contributed by atoms with E-state index in [-0.39, 0.29) is 5.41 Å². The molecule has 0 bridgehead atoms. The first-order valence-electron chi connectivity index (χ1n) is 9.29. The number of nitrogens with one attached hydrogen (secondary N) is 1.